The van der Waals surface area contributed by atoms with E-state index >= 15 is 0 Å². The lowest BCUT2D eigenvalue weighted by Gasteiger charge is -2.47. The van der Waals surface area contributed by atoms with E-state index in [0.717, 1.165) is 37.8 Å². The van der Waals surface area contributed by atoms with Crippen molar-refractivity contribution in [2.45, 2.75) is 24.8 Å². The number of hydrogen-bond donors (Lipinski definition) is 1. The predicted molar refractivity (Wildman–Crippen MR) is 131 cm³/mol. The van der Waals surface area contributed by atoms with Crippen LogP contribution in [0, 0.1) is 5.92 Å². The maximum absolute atomic E-state index is 5.30. The number of piperazine rings is 1. The number of rotatable bonds is 4. The normalized spacial score (nSPS) is 26.3. The number of nitrogens with zero attached hydrogens (tertiary/aromatic N) is 3. The predicted octanol–water partition coefficient (Wildman–Crippen LogP) is 3.96. The van der Waals surface area contributed by atoms with Crippen molar-refractivity contribution in [3.63, 3.8) is 0 Å². The Morgan fingerprint density at radius 2 is 1.84 bits per heavy atom. The molecule has 2 aromatic carbocycles. The van der Waals surface area contributed by atoms with Crippen molar-refractivity contribution in [2.75, 3.05) is 58.3 Å². The lowest BCUT2D eigenvalue weighted by molar-refractivity contribution is 0.0855. The lowest BCUT2D eigenvalue weighted by atomic mass is 9.72. The van der Waals surface area contributed by atoms with Crippen molar-refractivity contribution < 1.29 is 4.74 Å². The number of hydrogen-bond acceptors (Lipinski definition) is 4. The summed E-state index contributed by atoms with van der Waals surface area (Å²) < 4.78 is 5.30. The first kappa shape index (κ1) is 20.1. The van der Waals surface area contributed by atoms with E-state index < -0.39 is 0 Å². The fourth-order valence-electron chi connectivity index (χ4n) is 6.53. The Balaban J connectivity index is 1.12. The second-order valence-electron chi connectivity index (χ2n) is 9.99. The number of anilines is 1. The summed E-state index contributed by atoms with van der Waals surface area (Å²) >= 11 is 0. The van der Waals surface area contributed by atoms with Gasteiger partial charge in [0.1, 0.15) is 5.75 Å². The van der Waals surface area contributed by atoms with Crippen LogP contribution in [0.1, 0.15) is 23.5 Å². The van der Waals surface area contributed by atoms with Gasteiger partial charge in [0.2, 0.25) is 0 Å². The molecule has 3 aliphatic rings. The molecule has 6 rings (SSSR count). The topological polar surface area (TPSA) is 34.7 Å². The van der Waals surface area contributed by atoms with Crippen LogP contribution in [0.15, 0.2) is 48.7 Å². The number of nitrogens with one attached hydrogen (secondary N) is 1. The molecule has 5 heteroatoms. The van der Waals surface area contributed by atoms with Crippen LogP contribution in [-0.2, 0) is 6.42 Å². The standard InChI is InChI=1S/C27H34N4O/c1-29-17-19(14-24-23-4-3-5-25-27(23)20(16-28-25)15-26(24)29)18-30-10-12-31(13-11-30)21-6-8-22(32-2)9-7-21/h3-9,16,19,24,26,28H,10-15,17-18H2,1-2H3/t19?,24-,26-/m1/s1. The van der Waals surface area contributed by atoms with Crippen LogP contribution in [0.5, 0.6) is 5.75 Å². The Bertz CT molecular complexity index is 1080. The highest BCUT2D eigenvalue weighted by molar-refractivity contribution is 5.88. The summed E-state index contributed by atoms with van der Waals surface area (Å²) in [4.78, 5) is 11.4. The zero-order valence-corrected chi connectivity index (χ0v) is 19.3. The molecule has 0 amide bonds. The van der Waals surface area contributed by atoms with E-state index in [4.69, 9.17) is 4.74 Å². The molecule has 3 aromatic rings. The van der Waals surface area contributed by atoms with Crippen LogP contribution in [-0.4, -0.2) is 74.3 Å². The van der Waals surface area contributed by atoms with Gasteiger partial charge in [0.05, 0.1) is 7.11 Å². The van der Waals surface area contributed by atoms with Crippen LogP contribution < -0.4 is 9.64 Å². The van der Waals surface area contributed by atoms with Crippen molar-refractivity contribution in [3.8, 4) is 5.75 Å². The summed E-state index contributed by atoms with van der Waals surface area (Å²) in [5, 5.41) is 1.51. The van der Waals surface area contributed by atoms with Crippen LogP contribution in [0.3, 0.4) is 0 Å². The molecule has 5 nitrogen and oxygen atoms in total. The van der Waals surface area contributed by atoms with Gasteiger partial charge < -0.3 is 19.5 Å². The number of likely N-dealkylation sites (N-methyl/N-ethyl adjacent to an activating group) is 1. The molecule has 3 heterocycles. The quantitative estimate of drug-likeness (QED) is 0.680. The highest BCUT2D eigenvalue weighted by atomic mass is 16.5. The van der Waals surface area contributed by atoms with E-state index in [-0.39, 0.29) is 0 Å². The van der Waals surface area contributed by atoms with E-state index in [1.807, 2.05) is 0 Å². The molecule has 0 bridgehead atoms. The molecule has 1 aliphatic carbocycles. The van der Waals surface area contributed by atoms with Gasteiger partial charge in [-0.05, 0) is 67.3 Å². The SMILES string of the molecule is COc1ccc(N2CCN(CC3C[C@@H]4c5cccc6[nH]cc(c56)C[C@H]4N(C)C3)CC2)cc1. The number of benzene rings is 2. The molecule has 2 aliphatic heterocycles. The first-order valence-corrected chi connectivity index (χ1v) is 12.1. The number of methoxy groups -OCH3 is 1. The zero-order valence-electron chi connectivity index (χ0n) is 19.3. The number of ether oxygens (including phenoxy) is 1. The number of aromatic amines is 1. The molecule has 1 N–H and O–H groups in total. The van der Waals surface area contributed by atoms with Gasteiger partial charge in [-0.15, -0.1) is 0 Å². The lowest BCUT2D eigenvalue weighted by Crippen LogP contribution is -2.52. The third-order valence-electron chi connectivity index (χ3n) is 8.14. The summed E-state index contributed by atoms with van der Waals surface area (Å²) in [5.41, 5.74) is 5.71. The minimum atomic E-state index is 0.645. The average molecular weight is 431 g/mol. The zero-order chi connectivity index (χ0) is 21.7. The number of fused-ring (bicyclic) bond motifs is 2. The molecular weight excluding hydrogens is 396 g/mol. The van der Waals surface area contributed by atoms with Gasteiger partial charge in [0.15, 0.2) is 0 Å². The van der Waals surface area contributed by atoms with Crippen molar-refractivity contribution in [1.82, 2.24) is 14.8 Å². The summed E-state index contributed by atoms with van der Waals surface area (Å²) in [6.45, 7) is 6.95. The molecule has 0 saturated carbocycles. The molecule has 0 spiro atoms. The Labute approximate surface area is 190 Å². The number of piperidine rings is 1. The summed E-state index contributed by atoms with van der Waals surface area (Å²) in [6, 6.07) is 16.0. The minimum Gasteiger partial charge on any atom is -0.497 e. The van der Waals surface area contributed by atoms with Crippen LogP contribution in [0.4, 0.5) is 5.69 Å². The van der Waals surface area contributed by atoms with Crippen molar-refractivity contribution in [3.05, 3.63) is 59.8 Å². The molecule has 2 saturated heterocycles. The number of H-pyrrole nitrogens is 1. The summed E-state index contributed by atoms with van der Waals surface area (Å²) in [6.07, 6.45) is 4.75. The summed E-state index contributed by atoms with van der Waals surface area (Å²) in [7, 11) is 4.08. The van der Waals surface area contributed by atoms with Crippen molar-refractivity contribution >= 4 is 16.6 Å². The highest BCUT2D eigenvalue weighted by Crippen LogP contribution is 2.44. The monoisotopic (exact) mass is 430 g/mol. The molecule has 32 heavy (non-hydrogen) atoms. The fourth-order valence-corrected chi connectivity index (χ4v) is 6.53. The van der Waals surface area contributed by atoms with Crippen LogP contribution >= 0.6 is 0 Å². The van der Waals surface area contributed by atoms with Gasteiger partial charge in [-0.3, -0.25) is 4.90 Å². The molecular formula is C27H34N4O. The smallest absolute Gasteiger partial charge is 0.119 e. The minimum absolute atomic E-state index is 0.645. The molecule has 3 atom stereocenters. The molecule has 2 fully saturated rings. The van der Waals surface area contributed by atoms with Gasteiger partial charge in [0.25, 0.3) is 0 Å². The van der Waals surface area contributed by atoms with Gasteiger partial charge in [0, 0.05) is 74.0 Å². The van der Waals surface area contributed by atoms with E-state index in [1.54, 1.807) is 12.7 Å². The second kappa shape index (κ2) is 8.13. The summed E-state index contributed by atoms with van der Waals surface area (Å²) in [5.74, 6) is 2.33. The van der Waals surface area contributed by atoms with Crippen molar-refractivity contribution in [2.24, 2.45) is 5.92 Å². The fraction of sp³-hybridized carbons (Fsp3) is 0.481. The first-order chi connectivity index (χ1) is 15.7. The van der Waals surface area contributed by atoms with Gasteiger partial charge in [-0.2, -0.15) is 0 Å². The molecule has 1 aromatic heterocycles. The largest absolute Gasteiger partial charge is 0.497 e. The Morgan fingerprint density at radius 1 is 1.03 bits per heavy atom. The average Bonchev–Trinajstić information content (AvgIpc) is 3.25. The maximum atomic E-state index is 5.30. The van der Waals surface area contributed by atoms with Crippen LogP contribution in [0.2, 0.25) is 0 Å². The van der Waals surface area contributed by atoms with Gasteiger partial charge >= 0.3 is 0 Å². The first-order valence-electron chi connectivity index (χ1n) is 12.1. The Kier molecular flexibility index (Phi) is 5.11. The van der Waals surface area contributed by atoms with E-state index in [0.29, 0.717) is 12.0 Å². The number of likely N-dealkylation sites (tertiary alicyclic amines) is 1. The molecule has 0 radical (unpaired) electrons. The highest BCUT2D eigenvalue weighted by Gasteiger charge is 2.39. The Hall–Kier alpha value is -2.50. The van der Waals surface area contributed by atoms with Crippen molar-refractivity contribution in [1.29, 1.82) is 0 Å². The van der Waals surface area contributed by atoms with Gasteiger partial charge in [-0.25, -0.2) is 0 Å². The third kappa shape index (κ3) is 3.48. The molecule has 1 unspecified atom stereocenters. The maximum Gasteiger partial charge on any atom is 0.119 e. The van der Waals surface area contributed by atoms with E-state index in [9.17, 15) is 0 Å². The number of aromatic nitrogens is 1. The van der Waals surface area contributed by atoms with E-state index in [1.165, 1.54) is 48.1 Å². The third-order valence-corrected chi connectivity index (χ3v) is 8.14. The van der Waals surface area contributed by atoms with Gasteiger partial charge in [-0.1, -0.05) is 12.1 Å². The van der Waals surface area contributed by atoms with Crippen LogP contribution in [0.25, 0.3) is 10.9 Å². The van der Waals surface area contributed by atoms with E-state index in [2.05, 4.69) is 75.4 Å². The second-order valence-corrected chi connectivity index (χ2v) is 9.99. The Morgan fingerprint density at radius 3 is 2.62 bits per heavy atom. The molecule has 168 valence electrons.